The second kappa shape index (κ2) is 4.56. The summed E-state index contributed by atoms with van der Waals surface area (Å²) in [4.78, 5) is 0. The smallest absolute Gasteiger partial charge is 0.159 e. The SMILES string of the molecule is CC=C(F)SC(F)=CC. The van der Waals surface area contributed by atoms with Crippen LogP contribution in [0.2, 0.25) is 0 Å². The maximum Gasteiger partial charge on any atom is 0.159 e. The molecule has 0 aliphatic heterocycles. The van der Waals surface area contributed by atoms with Crippen LogP contribution < -0.4 is 0 Å². The number of thioether (sulfide) groups is 1. The van der Waals surface area contributed by atoms with Gasteiger partial charge >= 0.3 is 0 Å². The highest BCUT2D eigenvalue weighted by Crippen LogP contribution is 2.26. The van der Waals surface area contributed by atoms with E-state index in [-0.39, 0.29) is 0 Å². The molecular weight excluding hydrogens is 142 g/mol. The Bertz CT molecular complexity index is 122. The third kappa shape index (κ3) is 4.21. The third-order valence-electron chi connectivity index (χ3n) is 0.649. The number of hydrogen-bond donors (Lipinski definition) is 0. The maximum atomic E-state index is 12.1. The standard InChI is InChI=1S/C6H8F2S/c1-3-5(7)9-6(8)4-2/h3-4H,1-2H3. The van der Waals surface area contributed by atoms with Crippen molar-refractivity contribution in [1.29, 1.82) is 0 Å². The molecule has 0 atom stereocenters. The first-order valence-corrected chi connectivity index (χ1v) is 3.33. The molecule has 0 radical (unpaired) electrons. The quantitative estimate of drug-likeness (QED) is 0.581. The van der Waals surface area contributed by atoms with Crippen molar-refractivity contribution in [3.8, 4) is 0 Å². The topological polar surface area (TPSA) is 0 Å². The lowest BCUT2D eigenvalue weighted by atomic mass is 10.7. The summed E-state index contributed by atoms with van der Waals surface area (Å²) in [5, 5.41) is -1.02. The Morgan fingerprint density at radius 1 is 1.11 bits per heavy atom. The van der Waals surface area contributed by atoms with E-state index in [2.05, 4.69) is 0 Å². The maximum absolute atomic E-state index is 12.1. The molecule has 0 nitrogen and oxygen atoms in total. The zero-order chi connectivity index (χ0) is 7.28. The van der Waals surface area contributed by atoms with Crippen molar-refractivity contribution in [2.45, 2.75) is 13.8 Å². The Labute approximate surface area is 57.6 Å². The van der Waals surface area contributed by atoms with Crippen molar-refractivity contribution in [2.24, 2.45) is 0 Å². The molecule has 9 heavy (non-hydrogen) atoms. The molecule has 3 heteroatoms. The summed E-state index contributed by atoms with van der Waals surface area (Å²) in [6.07, 6.45) is 2.43. The van der Waals surface area contributed by atoms with Crippen LogP contribution in [-0.2, 0) is 0 Å². The molecule has 0 rings (SSSR count). The highest BCUT2D eigenvalue weighted by atomic mass is 32.2. The van der Waals surface area contributed by atoms with E-state index in [0.29, 0.717) is 11.8 Å². The van der Waals surface area contributed by atoms with Gasteiger partial charge < -0.3 is 0 Å². The minimum atomic E-state index is -0.509. The lowest BCUT2D eigenvalue weighted by Gasteiger charge is -1.89. The normalized spacial score (nSPS) is 14.2. The van der Waals surface area contributed by atoms with Gasteiger partial charge in [0.05, 0.1) is 0 Å². The molecular formula is C6H8F2S. The van der Waals surface area contributed by atoms with Crippen LogP contribution in [0.4, 0.5) is 8.78 Å². The molecule has 0 unspecified atom stereocenters. The largest absolute Gasteiger partial charge is 0.199 e. The van der Waals surface area contributed by atoms with Crippen LogP contribution in [-0.4, -0.2) is 0 Å². The van der Waals surface area contributed by atoms with Crippen LogP contribution in [0.5, 0.6) is 0 Å². The van der Waals surface area contributed by atoms with E-state index in [1.807, 2.05) is 0 Å². The number of rotatable bonds is 2. The molecule has 0 saturated heterocycles. The monoisotopic (exact) mass is 150 g/mol. The van der Waals surface area contributed by atoms with Crippen molar-refractivity contribution < 1.29 is 8.78 Å². The van der Waals surface area contributed by atoms with E-state index >= 15 is 0 Å². The van der Waals surface area contributed by atoms with Crippen LogP contribution in [0.1, 0.15) is 13.8 Å². The van der Waals surface area contributed by atoms with Crippen molar-refractivity contribution in [1.82, 2.24) is 0 Å². The molecule has 0 aromatic heterocycles. The molecule has 0 bridgehead atoms. The molecule has 0 amide bonds. The molecule has 0 aromatic carbocycles. The zero-order valence-electron chi connectivity index (χ0n) is 5.32. The van der Waals surface area contributed by atoms with Gasteiger partial charge in [0.15, 0.2) is 10.3 Å². The minimum Gasteiger partial charge on any atom is -0.199 e. The summed E-state index contributed by atoms with van der Waals surface area (Å²) in [5.41, 5.74) is 0. The number of allylic oxidation sites excluding steroid dienone is 2. The van der Waals surface area contributed by atoms with Gasteiger partial charge in [-0.25, -0.2) is 0 Å². The van der Waals surface area contributed by atoms with Crippen LogP contribution in [0.3, 0.4) is 0 Å². The molecule has 0 N–H and O–H groups in total. The summed E-state index contributed by atoms with van der Waals surface area (Å²) >= 11 is 0.488. The Morgan fingerprint density at radius 2 is 1.44 bits per heavy atom. The van der Waals surface area contributed by atoms with Gasteiger partial charge in [-0.1, -0.05) is 0 Å². The Morgan fingerprint density at radius 3 is 1.67 bits per heavy atom. The number of halogens is 2. The Balaban J connectivity index is 3.75. The van der Waals surface area contributed by atoms with Crippen molar-refractivity contribution in [3.05, 3.63) is 22.5 Å². The van der Waals surface area contributed by atoms with Gasteiger partial charge in [-0.15, -0.1) is 0 Å². The van der Waals surface area contributed by atoms with E-state index in [0.717, 1.165) is 0 Å². The second-order valence-electron chi connectivity index (χ2n) is 1.29. The lowest BCUT2D eigenvalue weighted by Crippen LogP contribution is -1.62. The molecule has 0 saturated carbocycles. The summed E-state index contributed by atoms with van der Waals surface area (Å²) in [6, 6.07) is 0. The first-order chi connectivity index (χ1) is 4.20. The summed E-state index contributed by atoms with van der Waals surface area (Å²) in [6.45, 7) is 3.04. The summed E-state index contributed by atoms with van der Waals surface area (Å²) < 4.78 is 24.2. The summed E-state index contributed by atoms with van der Waals surface area (Å²) in [7, 11) is 0. The van der Waals surface area contributed by atoms with Gasteiger partial charge in [-0.3, -0.25) is 0 Å². The number of hydrogen-bond acceptors (Lipinski definition) is 1. The fraction of sp³-hybridized carbons (Fsp3) is 0.333. The predicted molar refractivity (Wildman–Crippen MR) is 37.3 cm³/mol. The van der Waals surface area contributed by atoms with Gasteiger partial charge in [0, 0.05) is 0 Å². The molecule has 0 heterocycles. The Hall–Kier alpha value is -0.310. The molecule has 52 valence electrons. The highest BCUT2D eigenvalue weighted by molar-refractivity contribution is 8.06. The minimum absolute atomic E-state index is 0.488. The van der Waals surface area contributed by atoms with Crippen LogP contribution in [0, 0.1) is 0 Å². The second-order valence-corrected chi connectivity index (χ2v) is 2.27. The molecule has 0 aromatic rings. The lowest BCUT2D eigenvalue weighted by molar-refractivity contribution is 0.679. The van der Waals surface area contributed by atoms with E-state index in [1.165, 1.54) is 26.0 Å². The average Bonchev–Trinajstić information content (AvgIpc) is 1.87. The third-order valence-corrected chi connectivity index (χ3v) is 1.51. The van der Waals surface area contributed by atoms with E-state index in [4.69, 9.17) is 0 Å². The molecule has 0 fully saturated rings. The first kappa shape index (κ1) is 8.69. The van der Waals surface area contributed by atoms with Gasteiger partial charge in [0.2, 0.25) is 0 Å². The molecule has 0 aliphatic rings. The fourth-order valence-corrected chi connectivity index (χ4v) is 0.633. The zero-order valence-corrected chi connectivity index (χ0v) is 6.14. The van der Waals surface area contributed by atoms with Gasteiger partial charge in [0.1, 0.15) is 0 Å². The van der Waals surface area contributed by atoms with E-state index in [1.54, 1.807) is 0 Å². The van der Waals surface area contributed by atoms with Crippen molar-refractivity contribution >= 4 is 11.8 Å². The summed E-state index contributed by atoms with van der Waals surface area (Å²) in [5.74, 6) is 0. The van der Waals surface area contributed by atoms with Gasteiger partial charge in [-0.05, 0) is 37.8 Å². The Kier molecular flexibility index (Phi) is 4.40. The first-order valence-electron chi connectivity index (χ1n) is 2.52. The fourth-order valence-electron chi connectivity index (χ4n) is 0.211. The average molecular weight is 150 g/mol. The van der Waals surface area contributed by atoms with Crippen molar-refractivity contribution in [3.63, 3.8) is 0 Å². The molecule has 0 aliphatic carbocycles. The highest BCUT2D eigenvalue weighted by Gasteiger charge is 1.96. The van der Waals surface area contributed by atoms with Crippen molar-refractivity contribution in [2.75, 3.05) is 0 Å². The van der Waals surface area contributed by atoms with Gasteiger partial charge in [0.25, 0.3) is 0 Å². The van der Waals surface area contributed by atoms with Crippen LogP contribution >= 0.6 is 11.8 Å². The van der Waals surface area contributed by atoms with Gasteiger partial charge in [-0.2, -0.15) is 8.78 Å². The predicted octanol–water partition coefficient (Wildman–Crippen LogP) is 3.38. The van der Waals surface area contributed by atoms with Crippen LogP contribution in [0.15, 0.2) is 22.5 Å². The van der Waals surface area contributed by atoms with Crippen LogP contribution in [0.25, 0.3) is 0 Å². The van der Waals surface area contributed by atoms with E-state index < -0.39 is 10.3 Å². The van der Waals surface area contributed by atoms with E-state index in [9.17, 15) is 8.78 Å². The molecule has 0 spiro atoms.